The van der Waals surface area contributed by atoms with Gasteiger partial charge in [0.15, 0.2) is 0 Å². The number of fused-ring (bicyclic) bond motifs is 3. The Labute approximate surface area is 369 Å². The molecule has 0 atom stereocenters. The maximum Gasteiger partial charge on any atom is 0.135 e. The van der Waals surface area contributed by atoms with Crippen LogP contribution in [0, 0.1) is 24.2 Å². The third-order valence-electron chi connectivity index (χ3n) is 11.9. The summed E-state index contributed by atoms with van der Waals surface area (Å²) in [5.41, 5.74) is 9.58. The third-order valence-corrected chi connectivity index (χ3v) is 11.9. The van der Waals surface area contributed by atoms with Crippen LogP contribution in [0.1, 0.15) is 70.7 Å². The van der Waals surface area contributed by atoms with Gasteiger partial charge in [0.2, 0.25) is 0 Å². The van der Waals surface area contributed by atoms with Gasteiger partial charge in [-0.25, -0.2) is 4.98 Å². The average Bonchev–Trinajstić information content (AvgIpc) is 3.86. The van der Waals surface area contributed by atoms with E-state index in [0.717, 1.165) is 44.7 Å². The summed E-state index contributed by atoms with van der Waals surface area (Å²) in [5.74, 6) is 2.05. The van der Waals surface area contributed by atoms with Crippen LogP contribution in [0.5, 0.6) is 11.5 Å². The van der Waals surface area contributed by atoms with E-state index in [1.807, 2.05) is 24.4 Å². The van der Waals surface area contributed by atoms with Gasteiger partial charge in [-0.3, -0.25) is 0 Å². The molecule has 5 nitrogen and oxygen atoms in total. The van der Waals surface area contributed by atoms with Crippen molar-refractivity contribution in [1.82, 2.24) is 9.55 Å². The van der Waals surface area contributed by atoms with Crippen LogP contribution in [0.4, 0.5) is 11.4 Å². The normalized spacial score (nSPS) is 13.4. The molecule has 0 fully saturated rings. The van der Waals surface area contributed by atoms with Crippen molar-refractivity contribution < 1.29 is 25.8 Å². The smallest absolute Gasteiger partial charge is 0.135 e. The predicted octanol–water partition coefficient (Wildman–Crippen LogP) is 13.6. The number of nitrogens with zero attached hydrogens (tertiary/aromatic N) is 4. The molecule has 3 heterocycles. The molecule has 0 aliphatic carbocycles. The summed E-state index contributed by atoms with van der Waals surface area (Å²) >= 11 is 0. The molecule has 8 aromatic rings. The summed E-state index contributed by atoms with van der Waals surface area (Å²) in [6, 6.07) is 60.4. The van der Waals surface area contributed by atoms with Crippen LogP contribution in [0.25, 0.3) is 27.6 Å². The van der Waals surface area contributed by atoms with Crippen LogP contribution >= 0.6 is 0 Å². The fourth-order valence-electron chi connectivity index (χ4n) is 8.26. The summed E-state index contributed by atoms with van der Waals surface area (Å²) in [6.45, 7) is 18.0. The molecular formula is C54H49N4OPt-3. The van der Waals surface area contributed by atoms with E-state index in [9.17, 15) is 0 Å². The molecule has 6 heteroatoms. The zero-order valence-corrected chi connectivity index (χ0v) is 37.5. The van der Waals surface area contributed by atoms with Gasteiger partial charge in [0.05, 0.1) is 0 Å². The molecule has 2 aromatic heterocycles. The van der Waals surface area contributed by atoms with Crippen LogP contribution in [-0.2, 0) is 31.9 Å². The monoisotopic (exact) mass is 964 g/mol. The fourth-order valence-corrected chi connectivity index (χ4v) is 8.26. The molecule has 0 saturated heterocycles. The van der Waals surface area contributed by atoms with Gasteiger partial charge in [-0.2, -0.15) is 12.1 Å². The van der Waals surface area contributed by atoms with Crippen molar-refractivity contribution in [3.63, 3.8) is 0 Å². The molecule has 0 saturated carbocycles. The van der Waals surface area contributed by atoms with Crippen molar-refractivity contribution in [3.05, 3.63) is 211 Å². The first-order valence-electron chi connectivity index (χ1n) is 20.4. The first-order chi connectivity index (χ1) is 28.4. The van der Waals surface area contributed by atoms with E-state index in [1.165, 1.54) is 22.3 Å². The maximum absolute atomic E-state index is 6.62. The van der Waals surface area contributed by atoms with Crippen molar-refractivity contribution in [2.24, 2.45) is 5.41 Å². The van der Waals surface area contributed by atoms with Gasteiger partial charge in [0.1, 0.15) is 5.82 Å². The summed E-state index contributed by atoms with van der Waals surface area (Å²) < 4.78 is 8.82. The fraction of sp³-hybridized carbons (Fsp3) is 0.185. The van der Waals surface area contributed by atoms with Crippen molar-refractivity contribution in [1.29, 1.82) is 0 Å². The van der Waals surface area contributed by atoms with Crippen molar-refractivity contribution in [2.75, 3.05) is 9.80 Å². The minimum absolute atomic E-state index is 0. The molecular weight excluding hydrogens is 916 g/mol. The molecule has 0 N–H and O–H groups in total. The summed E-state index contributed by atoms with van der Waals surface area (Å²) in [6.07, 6.45) is 4.15. The van der Waals surface area contributed by atoms with Gasteiger partial charge in [0, 0.05) is 71.9 Å². The van der Waals surface area contributed by atoms with Gasteiger partial charge in [-0.1, -0.05) is 145 Å². The second-order valence-corrected chi connectivity index (χ2v) is 17.5. The number of benzene rings is 6. The number of hydrogen-bond donors (Lipinski definition) is 0. The van der Waals surface area contributed by atoms with Crippen LogP contribution in [0.3, 0.4) is 0 Å². The Morgan fingerprint density at radius 1 is 0.567 bits per heavy atom. The van der Waals surface area contributed by atoms with Crippen LogP contribution in [-0.4, -0.2) is 9.55 Å². The van der Waals surface area contributed by atoms with Crippen molar-refractivity contribution in [2.45, 2.75) is 59.3 Å². The number of ether oxygens (including phenoxy) is 1. The Kier molecular flexibility index (Phi) is 10.9. The van der Waals surface area contributed by atoms with Crippen LogP contribution in [0.15, 0.2) is 170 Å². The minimum Gasteiger partial charge on any atom is -0.509 e. The number of aromatic nitrogens is 2. The molecule has 9 rings (SSSR count). The molecule has 0 amide bonds. The molecule has 0 bridgehead atoms. The van der Waals surface area contributed by atoms with E-state index in [1.54, 1.807) is 0 Å². The largest absolute Gasteiger partial charge is 0.509 e. The number of hydrogen-bond acceptors (Lipinski definition) is 4. The molecule has 1 aliphatic rings. The Morgan fingerprint density at radius 2 is 1.18 bits per heavy atom. The first-order valence-corrected chi connectivity index (χ1v) is 20.4. The zero-order valence-electron chi connectivity index (χ0n) is 35.2. The maximum atomic E-state index is 6.62. The number of rotatable bonds is 9. The second-order valence-electron chi connectivity index (χ2n) is 17.5. The molecule has 6 aromatic carbocycles. The first kappa shape index (κ1) is 40.9. The molecule has 60 heavy (non-hydrogen) atoms. The molecule has 1 aliphatic heterocycles. The van der Waals surface area contributed by atoms with Gasteiger partial charge in [-0.15, -0.1) is 48.1 Å². The summed E-state index contributed by atoms with van der Waals surface area (Å²) in [4.78, 5) is 9.37. The van der Waals surface area contributed by atoms with Crippen molar-refractivity contribution >= 4 is 33.2 Å². The molecule has 0 unspecified atom stereocenters. The Balaban J connectivity index is 0.00000499. The number of anilines is 2. The quantitative estimate of drug-likeness (QED) is 0.135. The van der Waals surface area contributed by atoms with E-state index in [4.69, 9.17) is 9.72 Å². The van der Waals surface area contributed by atoms with Gasteiger partial charge in [-0.05, 0) is 64.2 Å². The van der Waals surface area contributed by atoms with Crippen molar-refractivity contribution in [3.8, 4) is 17.3 Å². The summed E-state index contributed by atoms with van der Waals surface area (Å²) in [5, 5.41) is 2.22. The Morgan fingerprint density at radius 3 is 1.88 bits per heavy atom. The van der Waals surface area contributed by atoms with Crippen LogP contribution in [0.2, 0.25) is 0 Å². The van der Waals surface area contributed by atoms with E-state index >= 15 is 0 Å². The van der Waals surface area contributed by atoms with Gasteiger partial charge >= 0.3 is 0 Å². The third kappa shape index (κ3) is 7.56. The van der Waals surface area contributed by atoms with E-state index in [-0.39, 0.29) is 37.3 Å². The van der Waals surface area contributed by atoms with E-state index in [2.05, 4.69) is 221 Å². The Hall–Kier alpha value is -5.90. The molecule has 0 spiro atoms. The molecule has 0 radical (unpaired) electrons. The summed E-state index contributed by atoms with van der Waals surface area (Å²) in [7, 11) is 0. The number of pyridine rings is 1. The van der Waals surface area contributed by atoms with E-state index in [0.29, 0.717) is 11.5 Å². The van der Waals surface area contributed by atoms with Gasteiger partial charge in [0.25, 0.3) is 0 Å². The SMILES string of the molecule is CC(C)(C)C1=CN(c2cccc(C(C)(C)c3ccccc3)c2)[CH-]N1c1[c-]c(Oc2[c-]c3c(cc2)c2ccccc2n3-c2cc(C(C)(C)c3ccccc3)ccn2)ccc1.[Pt]. The standard InChI is InChI=1S/C54H49N4O.Pt/c1-52(2,3)50-36-56(42-23-16-22-40(32-42)53(4,5)38-18-10-8-11-19-38)37-57(50)43-24-17-25-44(34-43)59-45-28-29-47-46-26-14-15-27-48(46)58(49(47)35-45)51-33-41(30-31-55-51)54(6,7)39-20-12-9-13-21-39;/h8-33,36-37H,1-7H3;/q-3;. The minimum atomic E-state index is -0.217. The second kappa shape index (κ2) is 15.9. The van der Waals surface area contributed by atoms with E-state index < -0.39 is 0 Å². The average molecular weight is 965 g/mol. The van der Waals surface area contributed by atoms with Gasteiger partial charge < -0.3 is 19.1 Å². The Bertz CT molecular complexity index is 2830. The predicted molar refractivity (Wildman–Crippen MR) is 243 cm³/mol. The van der Waals surface area contributed by atoms with Crippen LogP contribution < -0.4 is 14.5 Å². The number of para-hydroxylation sites is 1. The number of allylic oxidation sites excluding steroid dienone is 1. The zero-order chi connectivity index (χ0) is 40.9. The molecule has 304 valence electrons. The topological polar surface area (TPSA) is 33.5 Å².